The Balaban J connectivity index is 2.88. The predicted molar refractivity (Wildman–Crippen MR) is 62.7 cm³/mol. The molecule has 0 heterocycles. The fraction of sp³-hybridized carbons (Fsp3) is 0.455. The number of hydrogen-bond donors (Lipinski definition) is 1. The van der Waals surface area contributed by atoms with Gasteiger partial charge in [-0.1, -0.05) is 29.8 Å². The minimum atomic E-state index is -2.96. The summed E-state index contributed by atoms with van der Waals surface area (Å²) in [5.41, 5.74) is 2.18. The summed E-state index contributed by atoms with van der Waals surface area (Å²) < 4.78 is 22.4. The predicted octanol–water partition coefficient (Wildman–Crippen LogP) is 1.30. The Labute approximate surface area is 91.4 Å². The molecule has 0 aliphatic rings. The maximum absolute atomic E-state index is 11.2. The van der Waals surface area contributed by atoms with Crippen molar-refractivity contribution in [3.05, 3.63) is 35.4 Å². The minimum Gasteiger partial charge on any atom is -0.312 e. The van der Waals surface area contributed by atoms with Crippen LogP contribution >= 0.6 is 0 Å². The van der Waals surface area contributed by atoms with Crippen LogP contribution in [0.4, 0.5) is 0 Å². The van der Waals surface area contributed by atoms with Crippen molar-refractivity contribution >= 4 is 9.84 Å². The molecule has 1 aromatic rings. The number of aryl methyl sites for hydroxylation is 1. The van der Waals surface area contributed by atoms with Crippen molar-refractivity contribution in [1.82, 2.24) is 5.32 Å². The molecule has 3 nitrogen and oxygen atoms in total. The number of sulfone groups is 1. The van der Waals surface area contributed by atoms with E-state index in [-0.39, 0.29) is 11.8 Å². The van der Waals surface area contributed by atoms with Crippen LogP contribution in [0.1, 0.15) is 17.2 Å². The Kier molecular flexibility index (Phi) is 3.88. The van der Waals surface area contributed by atoms with E-state index in [0.717, 1.165) is 5.56 Å². The van der Waals surface area contributed by atoms with Crippen LogP contribution in [0, 0.1) is 6.92 Å². The van der Waals surface area contributed by atoms with E-state index in [0.29, 0.717) is 0 Å². The normalized spacial score (nSPS) is 13.8. The summed E-state index contributed by atoms with van der Waals surface area (Å²) in [6.07, 6.45) is 1.26. The van der Waals surface area contributed by atoms with Gasteiger partial charge in [-0.05, 0) is 19.5 Å². The number of hydrogen-bond acceptors (Lipinski definition) is 3. The first-order valence-corrected chi connectivity index (χ1v) is 6.90. The molecule has 1 rings (SSSR count). The second kappa shape index (κ2) is 4.77. The Morgan fingerprint density at radius 1 is 1.27 bits per heavy atom. The van der Waals surface area contributed by atoms with Gasteiger partial charge in [-0.3, -0.25) is 0 Å². The second-order valence-corrected chi connectivity index (χ2v) is 6.03. The zero-order valence-corrected chi connectivity index (χ0v) is 10.1. The van der Waals surface area contributed by atoms with Gasteiger partial charge >= 0.3 is 0 Å². The van der Waals surface area contributed by atoms with Gasteiger partial charge in [-0.2, -0.15) is 0 Å². The van der Waals surface area contributed by atoms with Gasteiger partial charge < -0.3 is 5.32 Å². The average molecular weight is 227 g/mol. The van der Waals surface area contributed by atoms with Gasteiger partial charge in [-0.15, -0.1) is 0 Å². The zero-order chi connectivity index (χ0) is 11.5. The van der Waals surface area contributed by atoms with Crippen LogP contribution in [0.25, 0.3) is 0 Å². The lowest BCUT2D eigenvalue weighted by atomic mass is 10.1. The lowest BCUT2D eigenvalue weighted by molar-refractivity contribution is 0.579. The first-order valence-electron chi connectivity index (χ1n) is 4.84. The molecule has 1 N–H and O–H groups in total. The van der Waals surface area contributed by atoms with Crippen LogP contribution in [0.15, 0.2) is 24.3 Å². The molecule has 0 aliphatic heterocycles. The third-order valence-electron chi connectivity index (χ3n) is 2.30. The molecule has 1 aromatic carbocycles. The third kappa shape index (κ3) is 4.01. The van der Waals surface area contributed by atoms with Crippen LogP contribution in [-0.2, 0) is 9.84 Å². The number of rotatable bonds is 4. The number of nitrogens with one attached hydrogen (secondary N) is 1. The first kappa shape index (κ1) is 12.2. The van der Waals surface area contributed by atoms with Gasteiger partial charge in [0.2, 0.25) is 0 Å². The van der Waals surface area contributed by atoms with E-state index in [4.69, 9.17) is 0 Å². The zero-order valence-electron chi connectivity index (χ0n) is 9.32. The maximum atomic E-state index is 11.2. The molecule has 0 fully saturated rings. The van der Waals surface area contributed by atoms with Gasteiger partial charge in [0.25, 0.3) is 0 Å². The van der Waals surface area contributed by atoms with Crippen LogP contribution in [0.3, 0.4) is 0 Å². The molecule has 0 aliphatic carbocycles. The summed E-state index contributed by atoms with van der Waals surface area (Å²) in [7, 11) is -1.18. The van der Waals surface area contributed by atoms with E-state index < -0.39 is 9.84 Å². The molecular weight excluding hydrogens is 210 g/mol. The molecule has 0 bridgehead atoms. The van der Waals surface area contributed by atoms with Crippen LogP contribution in [0.2, 0.25) is 0 Å². The minimum absolute atomic E-state index is 0.124. The van der Waals surface area contributed by atoms with Gasteiger partial charge in [0.05, 0.1) is 5.75 Å². The Morgan fingerprint density at radius 3 is 2.20 bits per heavy atom. The SMILES string of the molecule is CNC(CS(C)(=O)=O)c1ccc(C)cc1. The number of benzene rings is 1. The highest BCUT2D eigenvalue weighted by molar-refractivity contribution is 7.90. The molecule has 0 saturated heterocycles. The molecule has 1 atom stereocenters. The molecule has 15 heavy (non-hydrogen) atoms. The Morgan fingerprint density at radius 2 is 1.80 bits per heavy atom. The highest BCUT2D eigenvalue weighted by atomic mass is 32.2. The first-order chi connectivity index (χ1) is 6.92. The third-order valence-corrected chi connectivity index (χ3v) is 3.24. The summed E-state index contributed by atoms with van der Waals surface area (Å²) in [6, 6.07) is 7.77. The van der Waals surface area contributed by atoms with Gasteiger partial charge in [0, 0.05) is 12.3 Å². The summed E-state index contributed by atoms with van der Waals surface area (Å²) in [5.74, 6) is 0.132. The monoisotopic (exact) mass is 227 g/mol. The molecule has 0 aromatic heterocycles. The van der Waals surface area contributed by atoms with Gasteiger partial charge in [-0.25, -0.2) is 8.42 Å². The van der Waals surface area contributed by atoms with Gasteiger partial charge in [0.15, 0.2) is 0 Å². The molecule has 0 saturated carbocycles. The van der Waals surface area contributed by atoms with E-state index in [1.54, 1.807) is 7.05 Å². The highest BCUT2D eigenvalue weighted by Gasteiger charge is 2.14. The molecule has 0 amide bonds. The van der Waals surface area contributed by atoms with E-state index in [1.165, 1.54) is 11.8 Å². The van der Waals surface area contributed by atoms with Crippen molar-refractivity contribution in [2.24, 2.45) is 0 Å². The Bertz CT molecular complexity index is 409. The topological polar surface area (TPSA) is 46.2 Å². The van der Waals surface area contributed by atoms with E-state index in [9.17, 15) is 8.42 Å². The second-order valence-electron chi connectivity index (χ2n) is 3.84. The smallest absolute Gasteiger partial charge is 0.149 e. The van der Waals surface area contributed by atoms with Crippen molar-refractivity contribution < 1.29 is 8.42 Å². The molecule has 1 unspecified atom stereocenters. The quantitative estimate of drug-likeness (QED) is 0.843. The summed E-state index contributed by atoms with van der Waals surface area (Å²) in [5, 5.41) is 3.02. The Hall–Kier alpha value is -0.870. The standard InChI is InChI=1S/C11H17NO2S/c1-9-4-6-10(7-5-9)11(12-2)8-15(3,13)14/h4-7,11-12H,8H2,1-3H3. The molecule has 0 radical (unpaired) electrons. The van der Waals surface area contributed by atoms with E-state index in [2.05, 4.69) is 5.32 Å². The van der Waals surface area contributed by atoms with E-state index >= 15 is 0 Å². The highest BCUT2D eigenvalue weighted by Crippen LogP contribution is 2.15. The largest absolute Gasteiger partial charge is 0.312 e. The maximum Gasteiger partial charge on any atom is 0.149 e. The average Bonchev–Trinajstić information content (AvgIpc) is 2.14. The summed E-state index contributed by atoms with van der Waals surface area (Å²) >= 11 is 0. The molecular formula is C11H17NO2S. The fourth-order valence-corrected chi connectivity index (χ4v) is 2.41. The van der Waals surface area contributed by atoms with E-state index in [1.807, 2.05) is 31.2 Å². The molecule has 0 spiro atoms. The van der Waals surface area contributed by atoms with Crippen LogP contribution in [0.5, 0.6) is 0 Å². The molecule has 4 heteroatoms. The van der Waals surface area contributed by atoms with Crippen molar-refractivity contribution in [3.63, 3.8) is 0 Å². The van der Waals surface area contributed by atoms with Crippen LogP contribution < -0.4 is 5.32 Å². The lowest BCUT2D eigenvalue weighted by Crippen LogP contribution is -2.24. The summed E-state index contributed by atoms with van der Waals surface area (Å²) in [4.78, 5) is 0. The van der Waals surface area contributed by atoms with Crippen molar-refractivity contribution in [3.8, 4) is 0 Å². The lowest BCUT2D eigenvalue weighted by Gasteiger charge is -2.15. The van der Waals surface area contributed by atoms with Gasteiger partial charge in [0.1, 0.15) is 9.84 Å². The summed E-state index contributed by atoms with van der Waals surface area (Å²) in [6.45, 7) is 2.01. The van der Waals surface area contributed by atoms with Crippen LogP contribution in [-0.4, -0.2) is 27.5 Å². The fourth-order valence-electron chi connectivity index (χ4n) is 1.45. The van der Waals surface area contributed by atoms with Crippen molar-refractivity contribution in [2.75, 3.05) is 19.1 Å². The van der Waals surface area contributed by atoms with Crippen molar-refractivity contribution in [1.29, 1.82) is 0 Å². The van der Waals surface area contributed by atoms with Crippen molar-refractivity contribution in [2.45, 2.75) is 13.0 Å². The molecule has 84 valence electrons.